The number of carbonyl (C=O) groups is 1. The summed E-state index contributed by atoms with van der Waals surface area (Å²) in [5, 5.41) is 1.74. The van der Waals surface area contributed by atoms with Crippen LogP contribution in [0.25, 0.3) is 0 Å². The summed E-state index contributed by atoms with van der Waals surface area (Å²) in [5.41, 5.74) is -0.782. The van der Waals surface area contributed by atoms with Crippen LogP contribution in [0, 0.1) is 0 Å². The minimum atomic E-state index is -4.63. The second-order valence-corrected chi connectivity index (χ2v) is 5.96. The molecule has 0 heterocycles. The van der Waals surface area contributed by atoms with Crippen LogP contribution >= 0.6 is 23.2 Å². The minimum absolute atomic E-state index is 0.0306. The number of amides is 1. The zero-order valence-corrected chi connectivity index (χ0v) is 14.6. The molecule has 0 atom stereocenters. The van der Waals surface area contributed by atoms with E-state index in [2.05, 4.69) is 0 Å². The van der Waals surface area contributed by atoms with Crippen molar-refractivity contribution in [3.63, 3.8) is 0 Å². The monoisotopic (exact) mass is 391 g/mol. The predicted molar refractivity (Wildman–Crippen MR) is 89.7 cm³/mol. The molecule has 0 spiro atoms. The third-order valence-corrected chi connectivity index (χ3v) is 4.10. The molecule has 0 aliphatic carbocycles. The molecule has 0 saturated heterocycles. The standard InChI is InChI=1S/C17H14Cl2F3NO2/c1-25-23(9-8-11-6-7-12(18)10-15(11)19)16(24)13-4-2-3-5-14(13)17(20,21)22/h2-7,10H,8-9H2,1H3. The number of hydroxylamine groups is 2. The summed E-state index contributed by atoms with van der Waals surface area (Å²) in [6.45, 7) is 0.0306. The lowest BCUT2D eigenvalue weighted by Crippen LogP contribution is -2.33. The van der Waals surface area contributed by atoms with Gasteiger partial charge in [0.2, 0.25) is 0 Å². The fraction of sp³-hybridized carbons (Fsp3) is 0.235. The highest BCUT2D eigenvalue weighted by molar-refractivity contribution is 6.35. The molecule has 0 unspecified atom stereocenters. The lowest BCUT2D eigenvalue weighted by Gasteiger charge is -2.22. The minimum Gasteiger partial charge on any atom is -0.274 e. The molecule has 0 aliphatic heterocycles. The van der Waals surface area contributed by atoms with Gasteiger partial charge in [0.25, 0.3) is 5.91 Å². The molecule has 134 valence electrons. The van der Waals surface area contributed by atoms with Crippen LogP contribution in [-0.2, 0) is 17.4 Å². The van der Waals surface area contributed by atoms with Crippen molar-refractivity contribution in [3.8, 4) is 0 Å². The smallest absolute Gasteiger partial charge is 0.274 e. The normalized spacial score (nSPS) is 11.4. The maximum absolute atomic E-state index is 13.1. The van der Waals surface area contributed by atoms with Crippen molar-refractivity contribution in [2.75, 3.05) is 13.7 Å². The van der Waals surface area contributed by atoms with Gasteiger partial charge in [0.1, 0.15) is 0 Å². The number of alkyl halides is 3. The Balaban J connectivity index is 2.19. The molecule has 0 aliphatic rings. The van der Waals surface area contributed by atoms with E-state index >= 15 is 0 Å². The van der Waals surface area contributed by atoms with Gasteiger partial charge >= 0.3 is 6.18 Å². The molecule has 3 nitrogen and oxygen atoms in total. The fourth-order valence-electron chi connectivity index (χ4n) is 2.27. The Morgan fingerprint density at radius 2 is 1.84 bits per heavy atom. The molecular formula is C17H14Cl2F3NO2. The van der Waals surface area contributed by atoms with Crippen molar-refractivity contribution in [2.45, 2.75) is 12.6 Å². The summed E-state index contributed by atoms with van der Waals surface area (Å²) >= 11 is 11.9. The average Bonchev–Trinajstić information content (AvgIpc) is 2.56. The first-order valence-corrected chi connectivity index (χ1v) is 7.95. The highest BCUT2D eigenvalue weighted by atomic mass is 35.5. The highest BCUT2D eigenvalue weighted by Gasteiger charge is 2.36. The van der Waals surface area contributed by atoms with E-state index in [0.29, 0.717) is 22.0 Å². The summed E-state index contributed by atoms with van der Waals surface area (Å²) in [4.78, 5) is 17.4. The molecule has 2 aromatic rings. The van der Waals surface area contributed by atoms with Gasteiger partial charge < -0.3 is 0 Å². The Morgan fingerprint density at radius 1 is 1.16 bits per heavy atom. The Morgan fingerprint density at radius 3 is 2.44 bits per heavy atom. The van der Waals surface area contributed by atoms with Gasteiger partial charge in [-0.25, -0.2) is 5.06 Å². The number of hydrogen-bond acceptors (Lipinski definition) is 2. The van der Waals surface area contributed by atoms with Crippen LogP contribution in [0.3, 0.4) is 0 Å². The summed E-state index contributed by atoms with van der Waals surface area (Å²) in [6, 6.07) is 9.45. The number of carbonyl (C=O) groups excluding carboxylic acids is 1. The van der Waals surface area contributed by atoms with Gasteiger partial charge in [-0.15, -0.1) is 0 Å². The second kappa shape index (κ2) is 8.08. The van der Waals surface area contributed by atoms with Gasteiger partial charge in [-0.2, -0.15) is 13.2 Å². The average molecular weight is 392 g/mol. The largest absolute Gasteiger partial charge is 0.417 e. The maximum atomic E-state index is 13.1. The van der Waals surface area contributed by atoms with Crippen molar-refractivity contribution in [1.82, 2.24) is 5.06 Å². The molecular weight excluding hydrogens is 378 g/mol. The summed E-state index contributed by atoms with van der Waals surface area (Å²) in [5.74, 6) is -0.875. The lowest BCUT2D eigenvalue weighted by atomic mass is 10.1. The first-order chi connectivity index (χ1) is 11.7. The fourth-order valence-corrected chi connectivity index (χ4v) is 2.78. The molecule has 0 N–H and O–H groups in total. The Labute approximate surface area is 152 Å². The number of halogens is 5. The molecule has 1 amide bonds. The molecule has 0 aromatic heterocycles. The quantitative estimate of drug-likeness (QED) is 0.650. The van der Waals surface area contributed by atoms with Crippen LogP contribution in [0.5, 0.6) is 0 Å². The number of nitrogens with zero attached hydrogens (tertiary/aromatic N) is 1. The molecule has 0 radical (unpaired) electrons. The van der Waals surface area contributed by atoms with Crippen LogP contribution in [0.1, 0.15) is 21.5 Å². The molecule has 0 saturated carbocycles. The summed E-state index contributed by atoms with van der Waals surface area (Å²) in [6.07, 6.45) is -4.34. The predicted octanol–water partition coefficient (Wildman–Crippen LogP) is 5.26. The van der Waals surface area contributed by atoms with Gasteiger partial charge in [0.15, 0.2) is 0 Å². The first kappa shape index (κ1) is 19.6. The van der Waals surface area contributed by atoms with E-state index in [-0.39, 0.29) is 6.54 Å². The van der Waals surface area contributed by atoms with E-state index in [1.165, 1.54) is 19.2 Å². The molecule has 2 rings (SSSR count). The van der Waals surface area contributed by atoms with Crippen molar-refractivity contribution < 1.29 is 22.8 Å². The third kappa shape index (κ3) is 4.87. The summed E-state index contributed by atoms with van der Waals surface area (Å²) in [7, 11) is 1.22. The van der Waals surface area contributed by atoms with Gasteiger partial charge in [-0.05, 0) is 36.2 Å². The highest BCUT2D eigenvalue weighted by Crippen LogP contribution is 2.32. The van der Waals surface area contributed by atoms with Crippen LogP contribution < -0.4 is 0 Å². The van der Waals surface area contributed by atoms with Crippen LogP contribution in [0.15, 0.2) is 42.5 Å². The van der Waals surface area contributed by atoms with Crippen molar-refractivity contribution >= 4 is 29.1 Å². The van der Waals surface area contributed by atoms with E-state index in [4.69, 9.17) is 28.0 Å². The zero-order valence-electron chi connectivity index (χ0n) is 13.1. The van der Waals surface area contributed by atoms with Gasteiger partial charge in [0.05, 0.1) is 24.8 Å². The first-order valence-electron chi connectivity index (χ1n) is 7.20. The van der Waals surface area contributed by atoms with E-state index in [1.54, 1.807) is 18.2 Å². The molecule has 0 fully saturated rings. The number of hydrogen-bond donors (Lipinski definition) is 0. The van der Waals surface area contributed by atoms with Gasteiger partial charge in [-0.1, -0.05) is 41.4 Å². The van der Waals surface area contributed by atoms with E-state index in [1.807, 2.05) is 0 Å². The Bertz CT molecular complexity index is 766. The Kier molecular flexibility index (Phi) is 6.32. The zero-order chi connectivity index (χ0) is 18.6. The molecule has 8 heteroatoms. The topological polar surface area (TPSA) is 29.5 Å². The van der Waals surface area contributed by atoms with E-state index < -0.39 is 23.2 Å². The lowest BCUT2D eigenvalue weighted by molar-refractivity contribution is -0.138. The van der Waals surface area contributed by atoms with Gasteiger partial charge in [0, 0.05) is 10.0 Å². The Hall–Kier alpha value is -1.76. The van der Waals surface area contributed by atoms with Crippen LogP contribution in [0.4, 0.5) is 13.2 Å². The van der Waals surface area contributed by atoms with E-state index in [0.717, 1.165) is 17.2 Å². The van der Waals surface area contributed by atoms with E-state index in [9.17, 15) is 18.0 Å². The van der Waals surface area contributed by atoms with Gasteiger partial charge in [-0.3, -0.25) is 9.63 Å². The number of benzene rings is 2. The van der Waals surface area contributed by atoms with Crippen molar-refractivity contribution in [3.05, 3.63) is 69.2 Å². The molecule has 0 bridgehead atoms. The number of rotatable bonds is 5. The van der Waals surface area contributed by atoms with Crippen molar-refractivity contribution in [2.24, 2.45) is 0 Å². The maximum Gasteiger partial charge on any atom is 0.417 e. The summed E-state index contributed by atoms with van der Waals surface area (Å²) < 4.78 is 39.2. The third-order valence-electron chi connectivity index (χ3n) is 3.51. The van der Waals surface area contributed by atoms with Crippen LogP contribution in [0.2, 0.25) is 10.0 Å². The molecule has 25 heavy (non-hydrogen) atoms. The molecule has 2 aromatic carbocycles. The SMILES string of the molecule is CON(CCc1ccc(Cl)cc1Cl)C(=O)c1ccccc1C(F)(F)F. The van der Waals surface area contributed by atoms with Crippen LogP contribution in [-0.4, -0.2) is 24.6 Å². The second-order valence-electron chi connectivity index (χ2n) is 5.12. The van der Waals surface area contributed by atoms with Crippen molar-refractivity contribution in [1.29, 1.82) is 0 Å².